The van der Waals surface area contributed by atoms with Crippen LogP contribution in [-0.4, -0.2) is 33.7 Å². The van der Waals surface area contributed by atoms with Crippen LogP contribution >= 0.6 is 0 Å². The zero-order valence-corrected chi connectivity index (χ0v) is 12.4. The van der Waals surface area contributed by atoms with Gasteiger partial charge in [-0.2, -0.15) is 0 Å². The summed E-state index contributed by atoms with van der Waals surface area (Å²) in [6.45, 7) is 8.28. The van der Waals surface area contributed by atoms with Crippen molar-refractivity contribution in [1.29, 1.82) is 0 Å². The molecule has 0 aromatic heterocycles. The van der Waals surface area contributed by atoms with Gasteiger partial charge in [-0.1, -0.05) is 12.1 Å². The first-order chi connectivity index (χ1) is 9.08. The molecule has 0 aliphatic carbocycles. The van der Waals surface area contributed by atoms with Gasteiger partial charge in [-0.15, -0.1) is 0 Å². The number of carboxylic acid groups (broad SMARTS) is 1. The Bertz CT molecular complexity index is 547. The Labute approximate surface area is 118 Å². The number of carboxylic acids is 1. The Morgan fingerprint density at radius 3 is 2.00 bits per heavy atom. The second-order valence-corrected chi connectivity index (χ2v) is 5.61. The maximum absolute atomic E-state index is 12.4. The van der Waals surface area contributed by atoms with Gasteiger partial charge in [0.25, 0.3) is 5.91 Å². The van der Waals surface area contributed by atoms with Crippen LogP contribution in [0.5, 0.6) is 0 Å². The van der Waals surface area contributed by atoms with Crippen LogP contribution in [0.1, 0.15) is 52.6 Å². The van der Waals surface area contributed by atoms with E-state index in [1.807, 2.05) is 0 Å². The molecule has 1 aromatic rings. The number of aliphatic hydroxyl groups excluding tert-OH is 1. The number of amides is 1. The van der Waals surface area contributed by atoms with E-state index >= 15 is 0 Å². The Balaban J connectivity index is 3.30. The molecule has 0 bridgehead atoms. The van der Waals surface area contributed by atoms with Crippen LogP contribution in [0.2, 0.25) is 0 Å². The Morgan fingerprint density at radius 2 is 1.60 bits per heavy atom. The summed E-state index contributed by atoms with van der Waals surface area (Å²) in [5.74, 6) is -1.62. The van der Waals surface area contributed by atoms with Crippen LogP contribution in [0.4, 0.5) is 0 Å². The van der Waals surface area contributed by atoms with Crippen molar-refractivity contribution in [3.05, 3.63) is 34.4 Å². The quantitative estimate of drug-likeness (QED) is 0.785. The highest BCUT2D eigenvalue weighted by Gasteiger charge is 2.29. The lowest BCUT2D eigenvalue weighted by atomic mass is 9.94. The number of benzene rings is 1. The summed E-state index contributed by atoms with van der Waals surface area (Å²) in [5, 5.41) is 21.6. The fraction of sp³-hybridized carbons (Fsp3) is 0.467. The van der Waals surface area contributed by atoms with Crippen molar-refractivity contribution in [2.75, 3.05) is 0 Å². The van der Waals surface area contributed by atoms with Gasteiger partial charge in [0.05, 0.1) is 22.8 Å². The highest BCUT2D eigenvalue weighted by Crippen LogP contribution is 2.20. The lowest BCUT2D eigenvalue weighted by Crippen LogP contribution is -2.51. The van der Waals surface area contributed by atoms with Gasteiger partial charge >= 0.3 is 5.97 Å². The standard InChI is InChI=1S/C15H21NO4/c1-8-6-7-9(2)12(14(19)20)11(8)13(18)16-15(4,5)10(3)17/h6-7,10,17H,1-5H3,(H,16,18)(H,19,20). The van der Waals surface area contributed by atoms with Crippen molar-refractivity contribution >= 4 is 11.9 Å². The number of carbonyl (C=O) groups excluding carboxylic acids is 1. The first kappa shape index (κ1) is 16.2. The molecule has 0 aliphatic heterocycles. The van der Waals surface area contributed by atoms with Crippen molar-refractivity contribution in [3.63, 3.8) is 0 Å². The van der Waals surface area contributed by atoms with Crippen LogP contribution in [0.15, 0.2) is 12.1 Å². The van der Waals surface area contributed by atoms with Crippen LogP contribution < -0.4 is 5.32 Å². The van der Waals surface area contributed by atoms with E-state index in [1.165, 1.54) is 0 Å². The maximum Gasteiger partial charge on any atom is 0.336 e. The molecule has 0 aliphatic rings. The molecule has 1 unspecified atom stereocenters. The monoisotopic (exact) mass is 279 g/mol. The zero-order valence-electron chi connectivity index (χ0n) is 12.4. The molecule has 20 heavy (non-hydrogen) atoms. The lowest BCUT2D eigenvalue weighted by Gasteiger charge is -2.30. The van der Waals surface area contributed by atoms with E-state index < -0.39 is 23.5 Å². The maximum atomic E-state index is 12.4. The van der Waals surface area contributed by atoms with E-state index in [4.69, 9.17) is 0 Å². The molecule has 0 fully saturated rings. The Morgan fingerprint density at radius 1 is 1.15 bits per heavy atom. The van der Waals surface area contributed by atoms with E-state index in [2.05, 4.69) is 5.32 Å². The van der Waals surface area contributed by atoms with Crippen molar-refractivity contribution in [2.24, 2.45) is 0 Å². The molecule has 0 spiro atoms. The van der Waals surface area contributed by atoms with Gasteiger partial charge in [-0.05, 0) is 45.7 Å². The highest BCUT2D eigenvalue weighted by atomic mass is 16.4. The van der Waals surface area contributed by atoms with E-state index in [1.54, 1.807) is 46.8 Å². The summed E-state index contributed by atoms with van der Waals surface area (Å²) in [6.07, 6.45) is -0.759. The zero-order chi connectivity index (χ0) is 15.7. The second-order valence-electron chi connectivity index (χ2n) is 5.61. The van der Waals surface area contributed by atoms with Crippen molar-refractivity contribution < 1.29 is 19.8 Å². The number of hydrogen-bond donors (Lipinski definition) is 3. The molecular weight excluding hydrogens is 258 g/mol. The molecule has 0 saturated heterocycles. The minimum Gasteiger partial charge on any atom is -0.478 e. The average Bonchev–Trinajstić information content (AvgIpc) is 2.30. The summed E-state index contributed by atoms with van der Waals surface area (Å²) >= 11 is 0. The predicted molar refractivity (Wildman–Crippen MR) is 76.1 cm³/mol. The largest absolute Gasteiger partial charge is 0.478 e. The topological polar surface area (TPSA) is 86.6 Å². The molecule has 1 amide bonds. The second kappa shape index (κ2) is 5.63. The van der Waals surface area contributed by atoms with E-state index in [0.717, 1.165) is 0 Å². The summed E-state index contributed by atoms with van der Waals surface area (Å²) < 4.78 is 0. The van der Waals surface area contributed by atoms with Gasteiger partial charge in [-0.25, -0.2) is 4.79 Å². The van der Waals surface area contributed by atoms with Crippen molar-refractivity contribution in [2.45, 2.75) is 46.3 Å². The van der Waals surface area contributed by atoms with E-state index in [0.29, 0.717) is 11.1 Å². The summed E-state index contributed by atoms with van der Waals surface area (Å²) in [6, 6.07) is 3.39. The normalized spacial score (nSPS) is 12.9. The lowest BCUT2D eigenvalue weighted by molar-refractivity contribution is 0.0667. The third-order valence-electron chi connectivity index (χ3n) is 3.54. The average molecular weight is 279 g/mol. The van der Waals surface area contributed by atoms with Gasteiger partial charge in [-0.3, -0.25) is 4.79 Å². The molecule has 1 atom stereocenters. The van der Waals surface area contributed by atoms with Gasteiger partial charge in [0.15, 0.2) is 0 Å². The third-order valence-corrected chi connectivity index (χ3v) is 3.54. The van der Waals surface area contributed by atoms with Crippen molar-refractivity contribution in [1.82, 2.24) is 5.32 Å². The van der Waals surface area contributed by atoms with Gasteiger partial charge in [0, 0.05) is 0 Å². The number of aliphatic hydroxyl groups is 1. The molecule has 3 N–H and O–H groups in total. The molecular formula is C15H21NO4. The van der Waals surface area contributed by atoms with Gasteiger partial charge < -0.3 is 15.5 Å². The fourth-order valence-corrected chi connectivity index (χ4v) is 1.84. The number of rotatable bonds is 4. The van der Waals surface area contributed by atoms with E-state index in [9.17, 15) is 19.8 Å². The third kappa shape index (κ3) is 3.17. The summed E-state index contributed by atoms with van der Waals surface area (Å²) in [4.78, 5) is 23.7. The first-order valence-electron chi connectivity index (χ1n) is 6.42. The number of hydrogen-bond acceptors (Lipinski definition) is 3. The first-order valence-corrected chi connectivity index (χ1v) is 6.42. The molecule has 1 rings (SSSR count). The Kier molecular flexibility index (Phi) is 4.55. The molecule has 110 valence electrons. The van der Waals surface area contributed by atoms with Crippen LogP contribution in [0.3, 0.4) is 0 Å². The number of nitrogens with one attached hydrogen (secondary N) is 1. The highest BCUT2D eigenvalue weighted by molar-refractivity contribution is 6.07. The van der Waals surface area contributed by atoms with Crippen molar-refractivity contribution in [3.8, 4) is 0 Å². The smallest absolute Gasteiger partial charge is 0.336 e. The van der Waals surface area contributed by atoms with E-state index in [-0.39, 0.29) is 11.1 Å². The molecule has 0 heterocycles. The fourth-order valence-electron chi connectivity index (χ4n) is 1.84. The van der Waals surface area contributed by atoms with Gasteiger partial charge in [0.1, 0.15) is 0 Å². The van der Waals surface area contributed by atoms with Crippen LogP contribution in [-0.2, 0) is 0 Å². The van der Waals surface area contributed by atoms with Gasteiger partial charge in [0.2, 0.25) is 0 Å². The molecule has 5 heteroatoms. The number of aryl methyl sites for hydroxylation is 2. The molecule has 0 radical (unpaired) electrons. The SMILES string of the molecule is Cc1ccc(C)c(C(=O)NC(C)(C)C(C)O)c1C(=O)O. The molecule has 0 saturated carbocycles. The summed E-state index contributed by atoms with van der Waals surface area (Å²) in [7, 11) is 0. The minimum atomic E-state index is -1.13. The number of aromatic carboxylic acids is 1. The molecule has 1 aromatic carbocycles. The number of carbonyl (C=O) groups is 2. The van der Waals surface area contributed by atoms with Crippen LogP contribution in [0.25, 0.3) is 0 Å². The minimum absolute atomic E-state index is 0.00360. The Hall–Kier alpha value is -1.88. The van der Waals surface area contributed by atoms with Crippen LogP contribution in [0, 0.1) is 13.8 Å². The predicted octanol–water partition coefficient (Wildman–Crippen LogP) is 1.89. The molecule has 5 nitrogen and oxygen atoms in total. The summed E-state index contributed by atoms with van der Waals surface area (Å²) in [5.41, 5.74) is 0.424.